The number of rotatable bonds is 6. The fraction of sp³-hybridized carbons (Fsp3) is 0.312. The molecule has 0 unspecified atom stereocenters. The summed E-state index contributed by atoms with van der Waals surface area (Å²) in [7, 11) is 6.00. The Morgan fingerprint density at radius 1 is 1.24 bits per heavy atom. The molecular formula is C16H22N5+. The predicted molar refractivity (Wildman–Crippen MR) is 85.4 cm³/mol. The lowest BCUT2D eigenvalue weighted by molar-refractivity contribution is -0.657. The highest BCUT2D eigenvalue weighted by Gasteiger charge is 2.13. The lowest BCUT2D eigenvalue weighted by Gasteiger charge is -2.11. The van der Waals surface area contributed by atoms with E-state index in [1.54, 1.807) is 0 Å². The van der Waals surface area contributed by atoms with Gasteiger partial charge >= 0.3 is 5.95 Å². The van der Waals surface area contributed by atoms with E-state index in [-0.39, 0.29) is 0 Å². The first kappa shape index (κ1) is 15.0. The van der Waals surface area contributed by atoms with Crippen LogP contribution in [0.3, 0.4) is 0 Å². The number of aryl methyl sites for hydroxylation is 2. The number of hydrogen-bond donors (Lipinski definition) is 0. The van der Waals surface area contributed by atoms with Crippen molar-refractivity contribution in [3.63, 3.8) is 0 Å². The molecule has 0 saturated carbocycles. The number of imidazole rings is 1. The van der Waals surface area contributed by atoms with Crippen molar-refractivity contribution < 1.29 is 4.57 Å². The summed E-state index contributed by atoms with van der Waals surface area (Å²) in [6.45, 7) is 4.61. The van der Waals surface area contributed by atoms with Crippen molar-refractivity contribution in [1.29, 1.82) is 0 Å². The van der Waals surface area contributed by atoms with Crippen LogP contribution in [0.25, 0.3) is 0 Å². The molecule has 5 heteroatoms. The molecule has 1 aromatic heterocycles. The van der Waals surface area contributed by atoms with Crippen molar-refractivity contribution in [2.75, 3.05) is 19.0 Å². The average Bonchev–Trinajstić information content (AvgIpc) is 2.83. The van der Waals surface area contributed by atoms with E-state index in [1.165, 1.54) is 0 Å². The fourth-order valence-electron chi connectivity index (χ4n) is 1.97. The van der Waals surface area contributed by atoms with Gasteiger partial charge in [-0.2, -0.15) is 0 Å². The minimum atomic E-state index is 0.827. The Hall–Kier alpha value is -2.43. The number of aromatic nitrogens is 2. The van der Waals surface area contributed by atoms with E-state index in [4.69, 9.17) is 0 Å². The van der Waals surface area contributed by atoms with Crippen LogP contribution in [0.1, 0.15) is 6.42 Å². The summed E-state index contributed by atoms with van der Waals surface area (Å²) < 4.78 is 4.03. The normalized spacial score (nSPS) is 11.0. The van der Waals surface area contributed by atoms with Crippen LogP contribution in [0, 0.1) is 0 Å². The molecule has 21 heavy (non-hydrogen) atoms. The van der Waals surface area contributed by atoms with Gasteiger partial charge in [0.1, 0.15) is 5.69 Å². The Bertz CT molecular complexity index is 623. The molecule has 0 fully saturated rings. The van der Waals surface area contributed by atoms with Crippen LogP contribution in [0.2, 0.25) is 0 Å². The highest BCUT2D eigenvalue weighted by Crippen LogP contribution is 2.20. The lowest BCUT2D eigenvalue weighted by atomic mass is 10.3. The monoisotopic (exact) mass is 284 g/mol. The summed E-state index contributed by atoms with van der Waals surface area (Å²) >= 11 is 0. The van der Waals surface area contributed by atoms with E-state index < -0.39 is 0 Å². The Morgan fingerprint density at radius 2 is 1.95 bits per heavy atom. The van der Waals surface area contributed by atoms with E-state index in [2.05, 4.69) is 26.3 Å². The summed E-state index contributed by atoms with van der Waals surface area (Å²) in [4.78, 5) is 2.06. The molecular weight excluding hydrogens is 262 g/mol. The van der Waals surface area contributed by atoms with Crippen molar-refractivity contribution in [3.05, 3.63) is 49.3 Å². The molecule has 0 radical (unpaired) electrons. The largest absolute Gasteiger partial charge is 0.421 e. The van der Waals surface area contributed by atoms with Gasteiger partial charge in [0.05, 0.1) is 26.0 Å². The third-order valence-electron chi connectivity index (χ3n) is 3.24. The molecule has 0 aliphatic heterocycles. The van der Waals surface area contributed by atoms with Crippen LogP contribution in [0.15, 0.2) is 59.5 Å². The molecule has 1 aromatic carbocycles. The van der Waals surface area contributed by atoms with Gasteiger partial charge in [-0.25, -0.2) is 9.13 Å². The quantitative estimate of drug-likeness (QED) is 0.455. The molecule has 2 aromatic rings. The van der Waals surface area contributed by atoms with Crippen molar-refractivity contribution >= 4 is 17.3 Å². The summed E-state index contributed by atoms with van der Waals surface area (Å²) in [5.74, 6) is 0.827. The SMILES string of the molecule is C=CCCn1cc[n+](C)c1/N=N/c1ccc(N(C)C)cc1. The third-order valence-corrected chi connectivity index (χ3v) is 3.24. The van der Waals surface area contributed by atoms with Gasteiger partial charge in [-0.05, 0) is 30.7 Å². The van der Waals surface area contributed by atoms with Gasteiger partial charge in [-0.3, -0.25) is 0 Å². The molecule has 1 heterocycles. The van der Waals surface area contributed by atoms with Crippen LogP contribution < -0.4 is 9.47 Å². The van der Waals surface area contributed by atoms with E-state index in [0.717, 1.165) is 30.3 Å². The summed E-state index contributed by atoms with van der Waals surface area (Å²) in [5, 5.41) is 8.68. The molecule has 0 saturated heterocycles. The number of allylic oxidation sites excluding steroid dienone is 1. The first-order chi connectivity index (χ1) is 10.1. The number of azo groups is 1. The Morgan fingerprint density at radius 3 is 2.57 bits per heavy atom. The highest BCUT2D eigenvalue weighted by molar-refractivity contribution is 5.51. The number of hydrogen-bond acceptors (Lipinski definition) is 3. The van der Waals surface area contributed by atoms with Gasteiger partial charge in [-0.1, -0.05) is 11.2 Å². The van der Waals surface area contributed by atoms with Crippen LogP contribution in [-0.2, 0) is 13.6 Å². The second-order valence-corrected chi connectivity index (χ2v) is 5.09. The van der Waals surface area contributed by atoms with Gasteiger partial charge in [0.15, 0.2) is 0 Å². The smallest absolute Gasteiger partial charge is 0.378 e. The summed E-state index contributed by atoms with van der Waals surface area (Å²) in [5.41, 5.74) is 1.99. The van der Waals surface area contributed by atoms with Gasteiger partial charge in [0, 0.05) is 24.9 Å². The molecule has 0 aliphatic rings. The van der Waals surface area contributed by atoms with Crippen LogP contribution in [-0.4, -0.2) is 18.7 Å². The van der Waals surface area contributed by atoms with E-state index in [0.29, 0.717) is 0 Å². The second kappa shape index (κ2) is 6.83. The fourth-order valence-corrected chi connectivity index (χ4v) is 1.97. The molecule has 0 spiro atoms. The van der Waals surface area contributed by atoms with Crippen LogP contribution in [0.4, 0.5) is 17.3 Å². The van der Waals surface area contributed by atoms with Crippen LogP contribution >= 0.6 is 0 Å². The molecule has 0 bridgehead atoms. The van der Waals surface area contributed by atoms with Gasteiger partial charge in [-0.15, -0.1) is 6.58 Å². The molecule has 2 rings (SSSR count). The Kier molecular flexibility index (Phi) is 4.87. The molecule has 0 atom stereocenters. The zero-order chi connectivity index (χ0) is 15.2. The molecule has 0 N–H and O–H groups in total. The molecule has 5 nitrogen and oxygen atoms in total. The first-order valence-corrected chi connectivity index (χ1v) is 6.96. The minimum Gasteiger partial charge on any atom is -0.378 e. The topological polar surface area (TPSA) is 36.8 Å². The zero-order valence-corrected chi connectivity index (χ0v) is 12.9. The number of benzene rings is 1. The van der Waals surface area contributed by atoms with Gasteiger partial charge in [0.2, 0.25) is 0 Å². The minimum absolute atomic E-state index is 0.827. The van der Waals surface area contributed by atoms with E-state index >= 15 is 0 Å². The Labute approximate surface area is 125 Å². The van der Waals surface area contributed by atoms with Gasteiger partial charge < -0.3 is 4.90 Å². The maximum Gasteiger partial charge on any atom is 0.421 e. The molecule has 110 valence electrons. The zero-order valence-electron chi connectivity index (χ0n) is 12.9. The summed E-state index contributed by atoms with van der Waals surface area (Å²) in [6.07, 6.45) is 6.80. The predicted octanol–water partition coefficient (Wildman–Crippen LogP) is 3.37. The average molecular weight is 284 g/mol. The third kappa shape index (κ3) is 3.78. The number of anilines is 1. The maximum absolute atomic E-state index is 4.37. The molecule has 0 aliphatic carbocycles. The van der Waals surface area contributed by atoms with Crippen molar-refractivity contribution in [2.45, 2.75) is 13.0 Å². The van der Waals surface area contributed by atoms with Crippen LogP contribution in [0.5, 0.6) is 0 Å². The van der Waals surface area contributed by atoms with E-state index in [1.807, 2.05) is 68.4 Å². The number of nitrogens with zero attached hydrogens (tertiary/aromatic N) is 5. The first-order valence-electron chi connectivity index (χ1n) is 6.96. The van der Waals surface area contributed by atoms with E-state index in [9.17, 15) is 0 Å². The maximum atomic E-state index is 4.37. The van der Waals surface area contributed by atoms with Gasteiger partial charge in [0.25, 0.3) is 0 Å². The van der Waals surface area contributed by atoms with Crippen molar-refractivity contribution in [1.82, 2.24) is 4.57 Å². The Balaban J connectivity index is 2.16. The standard InChI is InChI=1S/C16H22N5/c1-5-6-11-21-13-12-20(4)16(21)18-17-14-7-9-15(10-8-14)19(2)3/h5,7-10,12-13H,1,6,11H2,2-4H3/q+1. The van der Waals surface area contributed by atoms with Crippen molar-refractivity contribution in [3.8, 4) is 0 Å². The second-order valence-electron chi connectivity index (χ2n) is 5.09. The highest BCUT2D eigenvalue weighted by atomic mass is 15.3. The lowest BCUT2D eigenvalue weighted by Crippen LogP contribution is -2.25. The molecule has 0 amide bonds. The summed E-state index contributed by atoms with van der Waals surface area (Å²) in [6, 6.07) is 8.00. The van der Waals surface area contributed by atoms with Crippen molar-refractivity contribution in [2.24, 2.45) is 17.3 Å².